The second-order valence-electron chi connectivity index (χ2n) is 5.21. The van der Waals surface area contributed by atoms with Crippen molar-refractivity contribution in [3.8, 4) is 5.75 Å². The summed E-state index contributed by atoms with van der Waals surface area (Å²) in [4.78, 5) is 4.26. The monoisotopic (exact) mass is 331 g/mol. The summed E-state index contributed by atoms with van der Waals surface area (Å²) in [5.41, 5.74) is 1.03. The zero-order valence-electron chi connectivity index (χ0n) is 13.7. The Kier molecular flexibility index (Phi) is 7.71. The molecule has 2 N–H and O–H groups in total. The minimum Gasteiger partial charge on any atom is -0.489 e. The lowest BCUT2D eigenvalue weighted by atomic mass is 10.2. The molecule has 0 aliphatic heterocycles. The van der Waals surface area contributed by atoms with Gasteiger partial charge in [0.05, 0.1) is 13.0 Å². The number of halogens is 3. The van der Waals surface area contributed by atoms with E-state index in [-0.39, 0.29) is 12.6 Å². The highest BCUT2D eigenvalue weighted by molar-refractivity contribution is 5.79. The average molecular weight is 331 g/mol. The van der Waals surface area contributed by atoms with Crippen LogP contribution in [0.15, 0.2) is 29.3 Å². The normalized spacial score (nSPS) is 13.6. The Bertz CT molecular complexity index is 504. The van der Waals surface area contributed by atoms with Gasteiger partial charge in [-0.15, -0.1) is 0 Å². The van der Waals surface area contributed by atoms with Crippen LogP contribution in [0.1, 0.15) is 25.8 Å². The molecule has 4 nitrogen and oxygen atoms in total. The predicted molar refractivity (Wildman–Crippen MR) is 85.9 cm³/mol. The highest BCUT2D eigenvalue weighted by Gasteiger charge is 2.26. The summed E-state index contributed by atoms with van der Waals surface area (Å²) in [6, 6.07) is 7.65. The van der Waals surface area contributed by atoms with Crippen LogP contribution in [-0.2, 0) is 0 Å². The minimum absolute atomic E-state index is 0.186. The number of guanidine groups is 1. The van der Waals surface area contributed by atoms with E-state index >= 15 is 0 Å². The molecule has 0 saturated heterocycles. The molecular weight excluding hydrogens is 307 g/mol. The van der Waals surface area contributed by atoms with Crippen LogP contribution in [0.2, 0.25) is 0 Å². The van der Waals surface area contributed by atoms with Crippen molar-refractivity contribution in [1.29, 1.82) is 0 Å². The molecule has 0 fully saturated rings. The molecule has 0 amide bonds. The number of hydrogen-bond acceptors (Lipinski definition) is 2. The highest BCUT2D eigenvalue weighted by atomic mass is 19.4. The summed E-state index contributed by atoms with van der Waals surface area (Å²) in [6.07, 6.45) is -5.26. The fraction of sp³-hybridized carbons (Fsp3) is 0.562. The molecule has 1 atom stereocenters. The number of ether oxygens (including phenoxy) is 1. The van der Waals surface area contributed by atoms with Crippen LogP contribution < -0.4 is 15.4 Å². The molecule has 0 aliphatic carbocycles. The number of benzene rings is 1. The van der Waals surface area contributed by atoms with Gasteiger partial charge < -0.3 is 15.4 Å². The molecule has 1 unspecified atom stereocenters. The number of nitrogens with one attached hydrogen (secondary N) is 2. The number of aryl methyl sites for hydroxylation is 1. The van der Waals surface area contributed by atoms with Crippen molar-refractivity contribution in [1.82, 2.24) is 10.6 Å². The summed E-state index contributed by atoms with van der Waals surface area (Å²) in [6.45, 7) is 6.39. The zero-order chi connectivity index (χ0) is 17.3. The fourth-order valence-corrected chi connectivity index (χ4v) is 1.83. The Morgan fingerprint density at radius 2 is 1.96 bits per heavy atom. The number of aliphatic imine (C=N–C) groups is 1. The summed E-state index contributed by atoms with van der Waals surface area (Å²) in [5.74, 6) is 1.14. The molecule has 1 rings (SSSR count). The lowest BCUT2D eigenvalue weighted by molar-refractivity contribution is -0.132. The highest BCUT2D eigenvalue weighted by Crippen LogP contribution is 2.18. The first kappa shape index (κ1) is 19.1. The average Bonchev–Trinajstić information content (AvgIpc) is 2.46. The first-order valence-corrected chi connectivity index (χ1v) is 7.63. The zero-order valence-corrected chi connectivity index (χ0v) is 13.7. The Morgan fingerprint density at radius 3 is 2.57 bits per heavy atom. The van der Waals surface area contributed by atoms with Crippen molar-refractivity contribution >= 4 is 5.96 Å². The van der Waals surface area contributed by atoms with Crippen molar-refractivity contribution in [2.24, 2.45) is 4.99 Å². The molecule has 0 bridgehead atoms. The van der Waals surface area contributed by atoms with E-state index in [2.05, 4.69) is 15.6 Å². The number of para-hydroxylation sites is 1. The lowest BCUT2D eigenvalue weighted by Crippen LogP contribution is -2.39. The molecule has 0 spiro atoms. The second-order valence-corrected chi connectivity index (χ2v) is 5.21. The maximum atomic E-state index is 12.2. The molecule has 0 saturated carbocycles. The van der Waals surface area contributed by atoms with Crippen LogP contribution in [0, 0.1) is 6.92 Å². The minimum atomic E-state index is -4.18. The van der Waals surface area contributed by atoms with E-state index in [4.69, 9.17) is 4.74 Å². The van der Waals surface area contributed by atoms with Gasteiger partial charge in [0.15, 0.2) is 5.96 Å². The molecule has 1 aromatic carbocycles. The molecule has 0 aromatic heterocycles. The quantitative estimate of drug-likeness (QED) is 0.595. The SMILES string of the molecule is CCNC(=NCC(C)Oc1ccccc1C)NCCC(F)(F)F. The van der Waals surface area contributed by atoms with Crippen LogP contribution in [-0.4, -0.2) is 37.9 Å². The first-order chi connectivity index (χ1) is 10.8. The van der Waals surface area contributed by atoms with Crippen LogP contribution in [0.5, 0.6) is 5.75 Å². The number of rotatable bonds is 7. The first-order valence-electron chi connectivity index (χ1n) is 7.63. The van der Waals surface area contributed by atoms with E-state index < -0.39 is 12.6 Å². The van der Waals surface area contributed by atoms with Crippen LogP contribution in [0.4, 0.5) is 13.2 Å². The van der Waals surface area contributed by atoms with Gasteiger partial charge in [-0.25, -0.2) is 4.99 Å². The predicted octanol–water partition coefficient (Wildman–Crippen LogP) is 3.27. The summed E-state index contributed by atoms with van der Waals surface area (Å²) in [5, 5.41) is 5.59. The van der Waals surface area contributed by atoms with Crippen molar-refractivity contribution in [3.63, 3.8) is 0 Å². The third kappa shape index (κ3) is 8.32. The van der Waals surface area contributed by atoms with E-state index in [0.717, 1.165) is 11.3 Å². The fourth-order valence-electron chi connectivity index (χ4n) is 1.83. The third-order valence-electron chi connectivity index (χ3n) is 2.97. The number of alkyl halides is 3. The van der Waals surface area contributed by atoms with Gasteiger partial charge in [0.1, 0.15) is 11.9 Å². The molecule has 130 valence electrons. The molecule has 23 heavy (non-hydrogen) atoms. The Morgan fingerprint density at radius 1 is 1.26 bits per heavy atom. The van der Waals surface area contributed by atoms with E-state index in [1.807, 2.05) is 45.0 Å². The number of nitrogens with zero attached hydrogens (tertiary/aromatic N) is 1. The van der Waals surface area contributed by atoms with Gasteiger partial charge in [-0.1, -0.05) is 18.2 Å². The summed E-state index contributed by atoms with van der Waals surface area (Å²) in [7, 11) is 0. The van der Waals surface area contributed by atoms with Crippen molar-refractivity contribution < 1.29 is 17.9 Å². The maximum Gasteiger partial charge on any atom is 0.390 e. The van der Waals surface area contributed by atoms with E-state index in [1.165, 1.54) is 0 Å². The second kappa shape index (κ2) is 9.27. The third-order valence-corrected chi connectivity index (χ3v) is 2.97. The Labute approximate surface area is 135 Å². The van der Waals surface area contributed by atoms with Gasteiger partial charge in [0.2, 0.25) is 0 Å². The molecule has 0 heterocycles. The van der Waals surface area contributed by atoms with Crippen LogP contribution >= 0.6 is 0 Å². The topological polar surface area (TPSA) is 45.7 Å². The maximum absolute atomic E-state index is 12.2. The van der Waals surface area contributed by atoms with Gasteiger partial charge in [-0.05, 0) is 32.4 Å². The Hall–Kier alpha value is -1.92. The largest absolute Gasteiger partial charge is 0.489 e. The van der Waals surface area contributed by atoms with Crippen LogP contribution in [0.3, 0.4) is 0 Å². The number of hydrogen-bond donors (Lipinski definition) is 2. The lowest BCUT2D eigenvalue weighted by Gasteiger charge is -2.16. The summed E-state index contributed by atoms with van der Waals surface area (Å²) >= 11 is 0. The molecule has 0 aliphatic rings. The van der Waals surface area contributed by atoms with Crippen molar-refractivity contribution in [2.45, 2.75) is 39.5 Å². The van der Waals surface area contributed by atoms with Crippen molar-refractivity contribution in [2.75, 3.05) is 19.6 Å². The van der Waals surface area contributed by atoms with Crippen molar-refractivity contribution in [3.05, 3.63) is 29.8 Å². The van der Waals surface area contributed by atoms with Gasteiger partial charge in [0.25, 0.3) is 0 Å². The molecule has 7 heteroatoms. The van der Waals surface area contributed by atoms with Crippen LogP contribution in [0.25, 0.3) is 0 Å². The molecular formula is C16H24F3N3O. The molecule has 1 aromatic rings. The van der Waals surface area contributed by atoms with E-state index in [9.17, 15) is 13.2 Å². The van der Waals surface area contributed by atoms with E-state index in [0.29, 0.717) is 19.0 Å². The van der Waals surface area contributed by atoms with Gasteiger partial charge in [0, 0.05) is 13.1 Å². The summed E-state index contributed by atoms with van der Waals surface area (Å²) < 4.78 is 42.3. The van der Waals surface area contributed by atoms with Gasteiger partial charge >= 0.3 is 6.18 Å². The van der Waals surface area contributed by atoms with Gasteiger partial charge in [-0.3, -0.25) is 0 Å². The smallest absolute Gasteiger partial charge is 0.390 e. The van der Waals surface area contributed by atoms with E-state index in [1.54, 1.807) is 0 Å². The van der Waals surface area contributed by atoms with Gasteiger partial charge in [-0.2, -0.15) is 13.2 Å². The standard InChI is InChI=1S/C16H24F3N3O/c1-4-20-15(21-10-9-16(17,18)19)22-11-13(3)23-14-8-6-5-7-12(14)2/h5-8,13H,4,9-11H2,1-3H3,(H2,20,21,22). The molecule has 0 radical (unpaired) electrons. The Balaban J connectivity index is 2.50.